The molecule has 3 heterocycles. The van der Waals surface area contributed by atoms with Gasteiger partial charge in [0.1, 0.15) is 6.10 Å². The number of carbonyl (C=O) groups is 1. The van der Waals surface area contributed by atoms with Gasteiger partial charge in [-0.2, -0.15) is 0 Å². The van der Waals surface area contributed by atoms with E-state index in [9.17, 15) is 18.3 Å². The number of amides is 1. The number of rotatable bonds is 16. The summed E-state index contributed by atoms with van der Waals surface area (Å²) >= 11 is 0. The van der Waals surface area contributed by atoms with Gasteiger partial charge in [-0.25, -0.2) is 17.9 Å². The highest BCUT2D eigenvalue weighted by atomic mass is 32.2. The van der Waals surface area contributed by atoms with Gasteiger partial charge in [0, 0.05) is 6.07 Å². The zero-order valence-corrected chi connectivity index (χ0v) is 32.9. The first-order chi connectivity index (χ1) is 24.0. The minimum Gasteiger partial charge on any atom is -0.454 e. The number of fused-ring (bicyclic) bond motifs is 2. The van der Waals surface area contributed by atoms with Crippen LogP contribution in [-0.2, 0) is 35.1 Å². The van der Waals surface area contributed by atoms with Crippen molar-refractivity contribution in [2.24, 2.45) is 16.7 Å². The summed E-state index contributed by atoms with van der Waals surface area (Å²) in [5, 5.41) is 15.4. The smallest absolute Gasteiger partial charge is 0.407 e. The van der Waals surface area contributed by atoms with Gasteiger partial charge in [0.05, 0.1) is 48.3 Å². The first-order valence-corrected chi connectivity index (χ1v) is 22.3. The van der Waals surface area contributed by atoms with Crippen LogP contribution in [0.15, 0.2) is 53.4 Å². The minimum atomic E-state index is -4.26. The van der Waals surface area contributed by atoms with Gasteiger partial charge in [-0.3, -0.25) is 0 Å². The summed E-state index contributed by atoms with van der Waals surface area (Å²) in [4.78, 5) is 13.5. The molecule has 0 bridgehead atoms. The van der Waals surface area contributed by atoms with Gasteiger partial charge in [0.25, 0.3) is 0 Å². The first-order valence-electron chi connectivity index (χ1n) is 18.0. The van der Waals surface area contributed by atoms with Crippen LogP contribution in [0.5, 0.6) is 11.5 Å². The lowest BCUT2D eigenvalue weighted by Crippen LogP contribution is -2.63. The largest absolute Gasteiger partial charge is 0.454 e. The fourth-order valence-electron chi connectivity index (χ4n) is 7.11. The Balaban J connectivity index is 1.49. The molecule has 7 atom stereocenters. The molecule has 0 saturated carbocycles. The van der Waals surface area contributed by atoms with E-state index < -0.39 is 67.3 Å². The number of nitrogens with one attached hydrogen (secondary N) is 2. The zero-order chi connectivity index (χ0) is 37.0. The average molecular weight is 749 g/mol. The van der Waals surface area contributed by atoms with Gasteiger partial charge in [-0.15, -0.1) is 0 Å². The van der Waals surface area contributed by atoms with Gasteiger partial charge in [-0.05, 0) is 67.3 Å². The predicted molar refractivity (Wildman–Crippen MR) is 195 cm³/mol. The highest BCUT2D eigenvalue weighted by Gasteiger charge is 2.47. The third-order valence-electron chi connectivity index (χ3n) is 9.83. The van der Waals surface area contributed by atoms with Crippen molar-refractivity contribution in [2.75, 3.05) is 20.0 Å². The molecule has 2 unspecified atom stereocenters. The van der Waals surface area contributed by atoms with Crippen molar-refractivity contribution in [1.82, 2.24) is 10.0 Å². The van der Waals surface area contributed by atoms with Crippen LogP contribution in [0.2, 0.25) is 13.1 Å². The van der Waals surface area contributed by atoms with Crippen LogP contribution in [-0.4, -0.2) is 85.4 Å². The lowest BCUT2D eigenvalue weighted by Gasteiger charge is -2.44. The van der Waals surface area contributed by atoms with Crippen molar-refractivity contribution in [3.05, 3.63) is 54.1 Å². The van der Waals surface area contributed by atoms with Crippen LogP contribution in [0.25, 0.3) is 0 Å². The van der Waals surface area contributed by atoms with E-state index in [-0.39, 0.29) is 36.0 Å². The highest BCUT2D eigenvalue weighted by molar-refractivity contribution is 7.89. The van der Waals surface area contributed by atoms with E-state index in [1.165, 1.54) is 12.1 Å². The summed E-state index contributed by atoms with van der Waals surface area (Å²) in [7, 11) is -6.09. The van der Waals surface area contributed by atoms with E-state index in [1.54, 1.807) is 6.07 Å². The Hall–Kier alpha value is -2.72. The monoisotopic (exact) mass is 748 g/mol. The van der Waals surface area contributed by atoms with E-state index in [2.05, 4.69) is 44.7 Å². The molecule has 12 nitrogen and oxygen atoms in total. The Kier molecular flexibility index (Phi) is 12.8. The van der Waals surface area contributed by atoms with Crippen molar-refractivity contribution in [2.45, 2.75) is 121 Å². The molecule has 51 heavy (non-hydrogen) atoms. The Bertz CT molecular complexity index is 1570. The Labute approximate surface area is 304 Å². The molecule has 284 valence electrons. The van der Waals surface area contributed by atoms with Crippen LogP contribution in [0.1, 0.15) is 65.9 Å². The Morgan fingerprint density at radius 3 is 2.45 bits per heavy atom. The molecule has 2 aromatic rings. The first kappa shape index (κ1) is 39.5. The van der Waals surface area contributed by atoms with Crippen molar-refractivity contribution in [3.8, 4) is 11.5 Å². The number of ether oxygens (including phenoxy) is 5. The number of carbonyl (C=O) groups excluding carboxylic acids is 1. The maximum absolute atomic E-state index is 14.2. The summed E-state index contributed by atoms with van der Waals surface area (Å²) in [6.07, 6.45) is -0.358. The van der Waals surface area contributed by atoms with Crippen LogP contribution in [0, 0.1) is 16.7 Å². The fourth-order valence-corrected chi connectivity index (χ4v) is 9.50. The lowest BCUT2D eigenvalue weighted by atomic mass is 9.75. The normalized spacial score (nSPS) is 22.7. The van der Waals surface area contributed by atoms with Crippen LogP contribution >= 0.6 is 0 Å². The molecule has 2 saturated heterocycles. The molecule has 14 heteroatoms. The second kappa shape index (κ2) is 16.5. The van der Waals surface area contributed by atoms with Gasteiger partial charge >= 0.3 is 6.09 Å². The summed E-state index contributed by atoms with van der Waals surface area (Å²) in [6, 6.07) is 11.7. The van der Waals surface area contributed by atoms with Crippen LogP contribution in [0.4, 0.5) is 4.79 Å². The van der Waals surface area contributed by atoms with Crippen molar-refractivity contribution in [1.29, 1.82) is 0 Å². The van der Waals surface area contributed by atoms with Crippen LogP contribution in [0.3, 0.4) is 0 Å². The van der Waals surface area contributed by atoms with E-state index >= 15 is 0 Å². The molecule has 0 aromatic heterocycles. The third kappa shape index (κ3) is 10.5. The topological polar surface area (TPSA) is 151 Å². The van der Waals surface area contributed by atoms with Gasteiger partial charge in [-0.1, -0.05) is 71.4 Å². The van der Waals surface area contributed by atoms with Crippen LogP contribution < -0.4 is 19.5 Å². The number of benzene rings is 2. The molecule has 1 amide bonds. The van der Waals surface area contributed by atoms with Crippen molar-refractivity contribution < 1.29 is 46.4 Å². The molecule has 0 spiro atoms. The maximum Gasteiger partial charge on any atom is 0.407 e. The van der Waals surface area contributed by atoms with E-state index in [0.29, 0.717) is 24.5 Å². The number of alkyl carbamates (subject to hydrolysis) is 1. The molecule has 3 N–H and O–H groups in total. The second-order valence-electron chi connectivity index (χ2n) is 16.1. The summed E-state index contributed by atoms with van der Waals surface area (Å²) in [6.45, 7) is 15.5. The lowest BCUT2D eigenvalue weighted by molar-refractivity contribution is -0.0907. The molecule has 0 aliphatic carbocycles. The summed E-state index contributed by atoms with van der Waals surface area (Å²) in [5.74, 6) is 0.695. The molecule has 2 aromatic carbocycles. The van der Waals surface area contributed by atoms with E-state index in [1.807, 2.05) is 43.4 Å². The number of aliphatic hydroxyl groups is 1. The minimum absolute atomic E-state index is 0.00433. The van der Waals surface area contributed by atoms with E-state index in [4.69, 9.17) is 28.1 Å². The Morgan fingerprint density at radius 2 is 1.75 bits per heavy atom. The third-order valence-corrected chi connectivity index (χ3v) is 12.1. The summed E-state index contributed by atoms with van der Waals surface area (Å²) < 4.78 is 66.1. The second-order valence-corrected chi connectivity index (χ2v) is 20.2. The maximum atomic E-state index is 14.2. The molecule has 0 radical (unpaired) electrons. The quantitative estimate of drug-likeness (QED) is 0.197. The van der Waals surface area contributed by atoms with E-state index in [0.717, 1.165) is 24.8 Å². The van der Waals surface area contributed by atoms with Crippen molar-refractivity contribution in [3.63, 3.8) is 0 Å². The fraction of sp³-hybridized carbons (Fsp3) is 0.649. The number of hydrogen-bond acceptors (Lipinski definition) is 10. The highest BCUT2D eigenvalue weighted by Crippen LogP contribution is 2.38. The van der Waals surface area contributed by atoms with Crippen molar-refractivity contribution >= 4 is 25.2 Å². The molecular weight excluding hydrogens is 693 g/mol. The number of hydrogen-bond donors (Lipinski definition) is 3. The average Bonchev–Trinajstić information content (AvgIpc) is 3.80. The number of aliphatic hydroxyl groups excluding tert-OH is 1. The molecule has 3 aliphatic rings. The molecule has 5 rings (SSSR count). The SMILES string of the molecule is C[SiH](C)OC(C(NS(=O)(=O)c1ccc2c(c1)OCO2)[C@H](O)[C@H](Cc1ccccc1)NC(=O)O[C@H]1CO[C@H]2OCC[C@H]21)C(C)(C)CCCC(C)(C)C. The molecule has 2 fully saturated rings. The van der Waals surface area contributed by atoms with Gasteiger partial charge < -0.3 is 38.5 Å². The zero-order valence-electron chi connectivity index (χ0n) is 30.9. The predicted octanol–water partition coefficient (Wildman–Crippen LogP) is 5.13. The molecular formula is C37H56N2O10SSi. The summed E-state index contributed by atoms with van der Waals surface area (Å²) in [5.41, 5.74) is 0.370. The van der Waals surface area contributed by atoms with Gasteiger partial charge in [0.2, 0.25) is 16.8 Å². The molecule has 3 aliphatic heterocycles. The number of sulfonamides is 1. The van der Waals surface area contributed by atoms with Gasteiger partial charge in [0.15, 0.2) is 26.8 Å². The Morgan fingerprint density at radius 1 is 1.02 bits per heavy atom. The standard InChI is InChI=1S/C37H56N2O10SSi/c1-36(2,3)17-11-18-37(4,5)33(49-51(6)7)31(39-50(42,43)25-14-15-28-29(21-25)47-23-46-28)32(40)27(20-24-12-9-8-10-13-24)38-35(41)48-30-22-45-34-26(30)16-19-44-34/h8-10,12-15,21,26-27,30-34,39-40,51H,11,16-20,22-23H2,1-7H3,(H,38,41)/t26-,27-,30-,31?,32+,33?,34+/m0/s1.